The van der Waals surface area contributed by atoms with E-state index in [0.29, 0.717) is 18.7 Å². The lowest BCUT2D eigenvalue weighted by Gasteiger charge is -2.25. The van der Waals surface area contributed by atoms with E-state index in [-0.39, 0.29) is 22.8 Å². The molecule has 21 heavy (non-hydrogen) atoms. The zero-order valence-electron chi connectivity index (χ0n) is 12.0. The average molecular weight is 313 g/mol. The Morgan fingerprint density at radius 2 is 2.14 bits per heavy atom. The van der Waals surface area contributed by atoms with Crippen molar-refractivity contribution in [1.82, 2.24) is 4.90 Å². The van der Waals surface area contributed by atoms with Crippen molar-refractivity contribution in [2.75, 3.05) is 11.9 Å². The van der Waals surface area contributed by atoms with E-state index in [2.05, 4.69) is 5.32 Å². The van der Waals surface area contributed by atoms with Crippen molar-refractivity contribution in [1.29, 1.82) is 0 Å². The molecule has 1 N–H and O–H groups in total. The molecule has 1 aliphatic rings. The van der Waals surface area contributed by atoms with Crippen molar-refractivity contribution in [3.05, 3.63) is 29.0 Å². The van der Waals surface area contributed by atoms with Crippen LogP contribution in [0, 0.1) is 11.7 Å². The van der Waals surface area contributed by atoms with Crippen LogP contribution in [0.5, 0.6) is 0 Å². The minimum atomic E-state index is -0.485. The highest BCUT2D eigenvalue weighted by molar-refractivity contribution is 6.33. The quantitative estimate of drug-likeness (QED) is 0.932. The van der Waals surface area contributed by atoms with Gasteiger partial charge in [0.15, 0.2) is 0 Å². The number of likely N-dealkylation sites (tertiary alicyclic amines) is 1. The van der Waals surface area contributed by atoms with E-state index in [1.54, 1.807) is 4.90 Å². The zero-order valence-corrected chi connectivity index (χ0v) is 12.8. The lowest BCUT2D eigenvalue weighted by molar-refractivity contribution is -0.139. The molecular formula is C15H18ClFN2O2. The average Bonchev–Trinajstić information content (AvgIpc) is 2.90. The van der Waals surface area contributed by atoms with Crippen molar-refractivity contribution >= 4 is 29.1 Å². The van der Waals surface area contributed by atoms with Gasteiger partial charge in [0.25, 0.3) is 0 Å². The lowest BCUT2D eigenvalue weighted by atomic mass is 10.1. The van der Waals surface area contributed by atoms with Crippen LogP contribution < -0.4 is 5.32 Å². The molecule has 2 rings (SSSR count). The monoisotopic (exact) mass is 312 g/mol. The van der Waals surface area contributed by atoms with Gasteiger partial charge in [0.2, 0.25) is 11.8 Å². The van der Waals surface area contributed by atoms with Crippen LogP contribution in [0.3, 0.4) is 0 Å². The second-order valence-electron chi connectivity index (χ2n) is 5.46. The van der Waals surface area contributed by atoms with Crippen molar-refractivity contribution < 1.29 is 14.0 Å². The summed E-state index contributed by atoms with van der Waals surface area (Å²) in [4.78, 5) is 26.0. The molecule has 0 saturated carbocycles. The van der Waals surface area contributed by atoms with Gasteiger partial charge in [-0.2, -0.15) is 0 Å². The Bertz CT molecular complexity index is 563. The first-order chi connectivity index (χ1) is 9.90. The van der Waals surface area contributed by atoms with Crippen LogP contribution >= 0.6 is 11.6 Å². The first-order valence-corrected chi connectivity index (χ1v) is 7.34. The number of amides is 2. The third-order valence-corrected chi connectivity index (χ3v) is 3.83. The van der Waals surface area contributed by atoms with Crippen LogP contribution in [0.4, 0.5) is 10.1 Å². The normalized spacial score (nSPS) is 18.1. The first kappa shape index (κ1) is 15.8. The van der Waals surface area contributed by atoms with Crippen LogP contribution in [0.15, 0.2) is 18.2 Å². The topological polar surface area (TPSA) is 49.4 Å². The Hall–Kier alpha value is -1.62. The first-order valence-electron chi connectivity index (χ1n) is 6.96. The molecule has 1 heterocycles. The van der Waals surface area contributed by atoms with E-state index in [1.807, 2.05) is 13.8 Å². The van der Waals surface area contributed by atoms with Gasteiger partial charge < -0.3 is 10.2 Å². The predicted molar refractivity (Wildman–Crippen MR) is 79.6 cm³/mol. The summed E-state index contributed by atoms with van der Waals surface area (Å²) in [6.07, 6.45) is 1.43. The lowest BCUT2D eigenvalue weighted by Crippen LogP contribution is -2.44. The number of carbonyl (C=O) groups excluding carboxylic acids is 2. The number of nitrogens with zero attached hydrogens (tertiary/aromatic N) is 1. The standard InChI is InChI=1S/C15H18ClFN2O2/c1-9(2)15(21)19-7-3-4-13(19)14(20)18-12-6-5-10(17)8-11(12)16/h5-6,8-9,13H,3-4,7H2,1-2H3,(H,18,20)/t13-/m1/s1. The molecule has 2 amide bonds. The largest absolute Gasteiger partial charge is 0.330 e. The van der Waals surface area contributed by atoms with Gasteiger partial charge in [0.1, 0.15) is 11.9 Å². The number of anilines is 1. The Labute approximate surface area is 128 Å². The zero-order chi connectivity index (χ0) is 15.6. The maximum absolute atomic E-state index is 13.0. The van der Waals surface area contributed by atoms with Crippen molar-refractivity contribution in [2.24, 2.45) is 5.92 Å². The summed E-state index contributed by atoms with van der Waals surface area (Å²) in [5, 5.41) is 2.81. The van der Waals surface area contributed by atoms with Gasteiger partial charge in [-0.15, -0.1) is 0 Å². The Morgan fingerprint density at radius 3 is 2.76 bits per heavy atom. The summed E-state index contributed by atoms with van der Waals surface area (Å²) in [6.45, 7) is 4.21. The Morgan fingerprint density at radius 1 is 1.43 bits per heavy atom. The highest BCUT2D eigenvalue weighted by atomic mass is 35.5. The fraction of sp³-hybridized carbons (Fsp3) is 0.467. The van der Waals surface area contributed by atoms with E-state index in [1.165, 1.54) is 12.1 Å². The minimum Gasteiger partial charge on any atom is -0.330 e. The molecular weight excluding hydrogens is 295 g/mol. The van der Waals surface area contributed by atoms with Crippen molar-refractivity contribution in [2.45, 2.75) is 32.7 Å². The molecule has 0 bridgehead atoms. The highest BCUT2D eigenvalue weighted by Crippen LogP contribution is 2.25. The molecule has 0 unspecified atom stereocenters. The third kappa shape index (κ3) is 3.53. The summed E-state index contributed by atoms with van der Waals surface area (Å²) in [6, 6.07) is 3.30. The molecule has 6 heteroatoms. The summed E-state index contributed by atoms with van der Waals surface area (Å²) in [7, 11) is 0. The summed E-state index contributed by atoms with van der Waals surface area (Å²) in [5.41, 5.74) is 0.354. The molecule has 1 saturated heterocycles. The van der Waals surface area contributed by atoms with Crippen LogP contribution in [-0.2, 0) is 9.59 Å². The van der Waals surface area contributed by atoms with Crippen LogP contribution in [0.1, 0.15) is 26.7 Å². The van der Waals surface area contributed by atoms with Gasteiger partial charge in [-0.05, 0) is 31.0 Å². The van der Waals surface area contributed by atoms with E-state index in [4.69, 9.17) is 11.6 Å². The Kier molecular flexibility index (Phi) is 4.83. The number of benzene rings is 1. The van der Waals surface area contributed by atoms with Crippen molar-refractivity contribution in [3.63, 3.8) is 0 Å². The number of nitrogens with one attached hydrogen (secondary N) is 1. The second-order valence-corrected chi connectivity index (χ2v) is 5.86. The molecule has 0 aliphatic carbocycles. The van der Waals surface area contributed by atoms with Gasteiger partial charge in [-0.25, -0.2) is 4.39 Å². The molecule has 1 aromatic rings. The van der Waals surface area contributed by atoms with Gasteiger partial charge >= 0.3 is 0 Å². The van der Waals surface area contributed by atoms with Gasteiger partial charge in [-0.1, -0.05) is 25.4 Å². The SMILES string of the molecule is CC(C)C(=O)N1CCC[C@@H]1C(=O)Nc1ccc(F)cc1Cl. The molecule has 114 valence electrons. The highest BCUT2D eigenvalue weighted by Gasteiger charge is 2.35. The maximum Gasteiger partial charge on any atom is 0.247 e. The second kappa shape index (κ2) is 6.43. The van der Waals surface area contributed by atoms with E-state index in [0.717, 1.165) is 12.5 Å². The van der Waals surface area contributed by atoms with Crippen LogP contribution in [0.25, 0.3) is 0 Å². The summed E-state index contributed by atoms with van der Waals surface area (Å²) < 4.78 is 13.0. The fourth-order valence-electron chi connectivity index (χ4n) is 2.44. The molecule has 1 fully saturated rings. The number of rotatable bonds is 3. The number of halogens is 2. The summed E-state index contributed by atoms with van der Waals surface area (Å²) >= 11 is 5.89. The van der Waals surface area contributed by atoms with Gasteiger partial charge in [-0.3, -0.25) is 9.59 Å². The molecule has 0 spiro atoms. The smallest absolute Gasteiger partial charge is 0.247 e. The van der Waals surface area contributed by atoms with Crippen LogP contribution in [0.2, 0.25) is 5.02 Å². The van der Waals surface area contributed by atoms with E-state index >= 15 is 0 Å². The number of hydrogen-bond acceptors (Lipinski definition) is 2. The summed E-state index contributed by atoms with van der Waals surface area (Å²) in [5.74, 6) is -0.920. The predicted octanol–water partition coefficient (Wildman–Crippen LogP) is 3.06. The van der Waals surface area contributed by atoms with Gasteiger partial charge in [0, 0.05) is 12.5 Å². The molecule has 1 aliphatic heterocycles. The molecule has 4 nitrogen and oxygen atoms in total. The molecule has 0 aromatic heterocycles. The third-order valence-electron chi connectivity index (χ3n) is 3.52. The maximum atomic E-state index is 13.0. The number of carbonyl (C=O) groups is 2. The molecule has 1 aromatic carbocycles. The van der Waals surface area contributed by atoms with Gasteiger partial charge in [0.05, 0.1) is 10.7 Å². The molecule has 1 atom stereocenters. The van der Waals surface area contributed by atoms with E-state index in [9.17, 15) is 14.0 Å². The van der Waals surface area contributed by atoms with E-state index < -0.39 is 11.9 Å². The molecule has 0 radical (unpaired) electrons. The number of hydrogen-bond donors (Lipinski definition) is 1. The minimum absolute atomic E-state index is 0.0298. The van der Waals surface area contributed by atoms with Crippen molar-refractivity contribution in [3.8, 4) is 0 Å². The Balaban J connectivity index is 2.10. The fourth-order valence-corrected chi connectivity index (χ4v) is 2.66. The van der Waals surface area contributed by atoms with Crippen LogP contribution in [-0.4, -0.2) is 29.3 Å².